The average molecular weight is 261 g/mol. The Morgan fingerprint density at radius 1 is 1.38 bits per heavy atom. The molecule has 0 bridgehead atoms. The molecule has 2 rings (SSSR count). The molecule has 0 N–H and O–H groups in total. The molecule has 1 aromatic rings. The van der Waals surface area contributed by atoms with Crippen LogP contribution in [0.2, 0.25) is 0 Å². The van der Waals surface area contributed by atoms with E-state index < -0.39 is 21.6 Å². The Balaban J connectivity index is 2.59. The molecule has 1 heterocycles. The summed E-state index contributed by atoms with van der Waals surface area (Å²) in [5, 5.41) is 0. The zero-order valence-electron chi connectivity index (χ0n) is 8.92. The summed E-state index contributed by atoms with van der Waals surface area (Å²) in [5.41, 5.74) is -0.666. The molecule has 0 spiro atoms. The Morgan fingerprint density at radius 2 is 2.00 bits per heavy atom. The lowest BCUT2D eigenvalue weighted by atomic mass is 10.2. The lowest BCUT2D eigenvalue weighted by molar-refractivity contribution is 0.398. The fourth-order valence-electron chi connectivity index (χ4n) is 1.77. The van der Waals surface area contributed by atoms with Crippen molar-refractivity contribution in [3.63, 3.8) is 0 Å². The fourth-order valence-corrected chi connectivity index (χ4v) is 4.13. The summed E-state index contributed by atoms with van der Waals surface area (Å²) in [6, 6.07) is 6.29. The number of rotatable bonds is 1. The molecule has 0 aromatic heterocycles. The van der Waals surface area contributed by atoms with E-state index in [0.29, 0.717) is 10.6 Å². The Labute approximate surface area is 98.7 Å². The highest BCUT2D eigenvalue weighted by atomic mass is 32.2. The third kappa shape index (κ3) is 1.91. The topological polar surface area (TPSA) is 37.4 Å². The molecule has 0 saturated carbocycles. The summed E-state index contributed by atoms with van der Waals surface area (Å²) < 4.78 is 38.2. The lowest BCUT2D eigenvalue weighted by Gasteiger charge is -2.36. The smallest absolute Gasteiger partial charge is 0.232 e. The van der Waals surface area contributed by atoms with Crippen LogP contribution in [0, 0.1) is 0 Å². The maximum absolute atomic E-state index is 13.7. The minimum Gasteiger partial charge on any atom is -0.263 e. The van der Waals surface area contributed by atoms with Crippen LogP contribution in [-0.4, -0.2) is 26.2 Å². The van der Waals surface area contributed by atoms with Crippen molar-refractivity contribution < 1.29 is 12.8 Å². The molecule has 0 fully saturated rings. The van der Waals surface area contributed by atoms with Gasteiger partial charge in [0.05, 0.1) is 18.0 Å². The SMILES string of the molecule is CC1C(F)Sc2ccccc2N1S(C)(=O)=O. The predicted octanol–water partition coefficient (Wildman–Crippen LogP) is 2.24. The molecule has 2 atom stereocenters. The second-order valence-electron chi connectivity index (χ2n) is 3.74. The number of para-hydroxylation sites is 1. The molecule has 0 aliphatic carbocycles. The molecular weight excluding hydrogens is 249 g/mol. The molecule has 0 amide bonds. The van der Waals surface area contributed by atoms with Crippen LogP contribution in [0.4, 0.5) is 10.1 Å². The molecule has 6 heteroatoms. The first kappa shape index (κ1) is 11.7. The van der Waals surface area contributed by atoms with Crippen molar-refractivity contribution >= 4 is 27.5 Å². The summed E-state index contributed by atoms with van der Waals surface area (Å²) in [5.74, 6) is 0. The molecule has 16 heavy (non-hydrogen) atoms. The maximum Gasteiger partial charge on any atom is 0.232 e. The number of fused-ring (bicyclic) bond motifs is 1. The van der Waals surface area contributed by atoms with Crippen LogP contribution in [0.3, 0.4) is 0 Å². The third-order valence-corrected chi connectivity index (χ3v) is 4.91. The molecule has 1 aromatic carbocycles. The minimum absolute atomic E-state index is 0.566. The van der Waals surface area contributed by atoms with E-state index in [2.05, 4.69) is 0 Å². The monoisotopic (exact) mass is 261 g/mol. The average Bonchev–Trinajstić information content (AvgIpc) is 2.17. The van der Waals surface area contributed by atoms with Gasteiger partial charge in [-0.15, -0.1) is 0 Å². The van der Waals surface area contributed by atoms with Gasteiger partial charge in [-0.25, -0.2) is 12.8 Å². The third-order valence-electron chi connectivity index (χ3n) is 2.45. The van der Waals surface area contributed by atoms with Crippen LogP contribution in [0.15, 0.2) is 29.2 Å². The van der Waals surface area contributed by atoms with Gasteiger partial charge in [0.25, 0.3) is 0 Å². The number of anilines is 1. The second-order valence-corrected chi connectivity index (χ2v) is 6.72. The number of halogens is 1. The minimum atomic E-state index is -3.44. The van der Waals surface area contributed by atoms with Gasteiger partial charge in [-0.05, 0) is 19.1 Å². The van der Waals surface area contributed by atoms with E-state index in [1.54, 1.807) is 31.2 Å². The second kappa shape index (κ2) is 3.92. The zero-order chi connectivity index (χ0) is 11.9. The van der Waals surface area contributed by atoms with Crippen molar-refractivity contribution in [1.29, 1.82) is 0 Å². The van der Waals surface area contributed by atoms with Crippen LogP contribution in [-0.2, 0) is 10.0 Å². The highest BCUT2D eigenvalue weighted by Gasteiger charge is 2.36. The van der Waals surface area contributed by atoms with Crippen molar-refractivity contribution in [1.82, 2.24) is 0 Å². The Morgan fingerprint density at radius 3 is 2.62 bits per heavy atom. The van der Waals surface area contributed by atoms with E-state index in [1.165, 1.54) is 0 Å². The van der Waals surface area contributed by atoms with E-state index in [-0.39, 0.29) is 0 Å². The zero-order valence-corrected chi connectivity index (χ0v) is 10.6. The van der Waals surface area contributed by atoms with Crippen LogP contribution in [0.25, 0.3) is 0 Å². The Kier molecular flexibility index (Phi) is 2.88. The number of alkyl halides is 1. The van der Waals surface area contributed by atoms with Gasteiger partial charge in [0.1, 0.15) is 0 Å². The largest absolute Gasteiger partial charge is 0.263 e. The fraction of sp³-hybridized carbons (Fsp3) is 0.400. The summed E-state index contributed by atoms with van der Waals surface area (Å²) in [6.07, 6.45) is 1.10. The van der Waals surface area contributed by atoms with Gasteiger partial charge in [-0.3, -0.25) is 4.31 Å². The van der Waals surface area contributed by atoms with Crippen LogP contribution >= 0.6 is 11.8 Å². The first-order chi connectivity index (χ1) is 7.41. The molecule has 1 aliphatic heterocycles. The Hall–Kier alpha value is -0.750. The van der Waals surface area contributed by atoms with Gasteiger partial charge in [0.15, 0.2) is 5.50 Å². The van der Waals surface area contributed by atoms with Crippen molar-refractivity contribution in [2.24, 2.45) is 0 Å². The summed E-state index contributed by atoms with van der Waals surface area (Å²) in [6.45, 7) is 1.58. The van der Waals surface area contributed by atoms with Gasteiger partial charge in [-0.2, -0.15) is 0 Å². The van der Waals surface area contributed by atoms with Crippen molar-refractivity contribution in [2.75, 3.05) is 10.6 Å². The lowest BCUT2D eigenvalue weighted by Crippen LogP contribution is -2.44. The predicted molar refractivity (Wildman–Crippen MR) is 64.0 cm³/mol. The van der Waals surface area contributed by atoms with E-state index in [4.69, 9.17) is 0 Å². The molecule has 1 aliphatic rings. The Bertz CT molecular complexity index is 503. The number of nitrogens with zero attached hydrogens (tertiary/aromatic N) is 1. The van der Waals surface area contributed by atoms with Crippen LogP contribution < -0.4 is 4.31 Å². The van der Waals surface area contributed by atoms with Crippen molar-refractivity contribution in [3.8, 4) is 0 Å². The summed E-state index contributed by atoms with van der Waals surface area (Å²) in [7, 11) is -3.44. The molecule has 3 nitrogen and oxygen atoms in total. The standard InChI is InChI=1S/C10H12FNO2S2/c1-7-10(11)15-9-6-4-3-5-8(9)12(7)16(2,13)14/h3-7,10H,1-2H3. The van der Waals surface area contributed by atoms with E-state index in [0.717, 1.165) is 22.3 Å². The number of thioether (sulfide) groups is 1. The quantitative estimate of drug-likeness (QED) is 0.778. The first-order valence-corrected chi connectivity index (χ1v) is 7.53. The van der Waals surface area contributed by atoms with Crippen molar-refractivity contribution in [3.05, 3.63) is 24.3 Å². The number of hydrogen-bond acceptors (Lipinski definition) is 3. The van der Waals surface area contributed by atoms with Crippen molar-refractivity contribution in [2.45, 2.75) is 23.4 Å². The molecule has 0 radical (unpaired) electrons. The maximum atomic E-state index is 13.7. The highest BCUT2D eigenvalue weighted by Crippen LogP contribution is 2.42. The van der Waals surface area contributed by atoms with Gasteiger partial charge in [-0.1, -0.05) is 23.9 Å². The number of sulfonamides is 1. The van der Waals surface area contributed by atoms with E-state index in [1.807, 2.05) is 0 Å². The molecule has 2 unspecified atom stereocenters. The van der Waals surface area contributed by atoms with Crippen LogP contribution in [0.5, 0.6) is 0 Å². The van der Waals surface area contributed by atoms with Gasteiger partial charge in [0.2, 0.25) is 10.0 Å². The molecule has 0 saturated heterocycles. The molecule has 88 valence electrons. The van der Waals surface area contributed by atoms with E-state index in [9.17, 15) is 12.8 Å². The van der Waals surface area contributed by atoms with Gasteiger partial charge in [0, 0.05) is 4.90 Å². The highest BCUT2D eigenvalue weighted by molar-refractivity contribution is 8.00. The van der Waals surface area contributed by atoms with Gasteiger partial charge < -0.3 is 0 Å². The van der Waals surface area contributed by atoms with Crippen LogP contribution in [0.1, 0.15) is 6.92 Å². The van der Waals surface area contributed by atoms with E-state index >= 15 is 0 Å². The summed E-state index contributed by atoms with van der Waals surface area (Å²) >= 11 is 1.07. The number of hydrogen-bond donors (Lipinski definition) is 0. The number of benzene rings is 1. The summed E-state index contributed by atoms with van der Waals surface area (Å²) in [4.78, 5) is 0.665. The van der Waals surface area contributed by atoms with Gasteiger partial charge >= 0.3 is 0 Å². The normalized spacial score (nSPS) is 25.3. The first-order valence-electron chi connectivity index (χ1n) is 4.80. The molecular formula is C10H12FNO2S2.